The van der Waals surface area contributed by atoms with Gasteiger partial charge in [-0.3, -0.25) is 0 Å². The third kappa shape index (κ3) is 3.06. The molecule has 0 fully saturated rings. The van der Waals surface area contributed by atoms with E-state index in [0.29, 0.717) is 12.1 Å². The van der Waals surface area contributed by atoms with Crippen molar-refractivity contribution in [1.29, 1.82) is 0 Å². The molecule has 0 radical (unpaired) electrons. The summed E-state index contributed by atoms with van der Waals surface area (Å²) in [6, 6.07) is 0. The van der Waals surface area contributed by atoms with Crippen molar-refractivity contribution in [1.82, 2.24) is 0 Å². The molecular weight excluding hydrogens is 190 g/mol. The minimum Gasteiger partial charge on any atom is -0.454 e. The molecule has 0 amide bonds. The van der Waals surface area contributed by atoms with Crippen LogP contribution in [0.4, 0.5) is 0 Å². The summed E-state index contributed by atoms with van der Waals surface area (Å²) in [5.41, 5.74) is 5.58. The van der Waals surface area contributed by atoms with E-state index in [9.17, 15) is 4.79 Å². The van der Waals surface area contributed by atoms with E-state index in [1.54, 1.807) is 6.92 Å². The molecule has 0 atom stereocenters. The Balaban J connectivity index is 4.94. The van der Waals surface area contributed by atoms with Gasteiger partial charge in [0.05, 0.1) is 0 Å². The normalized spacial score (nSPS) is 12.0. The average Bonchev–Trinajstić information content (AvgIpc) is 2.12. The molecule has 15 heavy (non-hydrogen) atoms. The first-order valence-electron chi connectivity index (χ1n) is 5.36. The fourth-order valence-corrected chi connectivity index (χ4v) is 1.68. The summed E-state index contributed by atoms with van der Waals surface area (Å²) in [7, 11) is 0. The maximum Gasteiger partial charge on any atom is 0.333 e. The number of esters is 1. The van der Waals surface area contributed by atoms with E-state index in [2.05, 4.69) is 6.58 Å². The van der Waals surface area contributed by atoms with Crippen LogP contribution in [0.15, 0.2) is 12.2 Å². The molecule has 2 N–H and O–H groups in total. The van der Waals surface area contributed by atoms with Gasteiger partial charge < -0.3 is 10.5 Å². The van der Waals surface area contributed by atoms with Gasteiger partial charge in [0.1, 0.15) is 5.60 Å². The van der Waals surface area contributed by atoms with Gasteiger partial charge in [0.15, 0.2) is 0 Å². The third-order valence-corrected chi connectivity index (χ3v) is 2.90. The number of rotatable bonds is 5. The SMILES string of the molecule is C=C(C)C(=O)OC(CN)(C(C)C)C(C)C. The first-order chi connectivity index (χ1) is 6.77. The van der Waals surface area contributed by atoms with Gasteiger partial charge in [0.2, 0.25) is 0 Å². The molecule has 0 spiro atoms. The molecule has 0 aliphatic rings. The Morgan fingerprint density at radius 1 is 1.33 bits per heavy atom. The maximum absolute atomic E-state index is 11.5. The second-order valence-electron chi connectivity index (χ2n) is 4.64. The topological polar surface area (TPSA) is 52.3 Å². The first-order valence-corrected chi connectivity index (χ1v) is 5.36. The van der Waals surface area contributed by atoms with E-state index >= 15 is 0 Å². The van der Waals surface area contributed by atoms with Crippen LogP contribution in [0.2, 0.25) is 0 Å². The van der Waals surface area contributed by atoms with Crippen LogP contribution in [0.3, 0.4) is 0 Å². The fraction of sp³-hybridized carbons (Fsp3) is 0.750. The van der Waals surface area contributed by atoms with Crippen molar-refractivity contribution in [2.75, 3.05) is 6.54 Å². The van der Waals surface area contributed by atoms with Crippen LogP contribution in [0.25, 0.3) is 0 Å². The van der Waals surface area contributed by atoms with Gasteiger partial charge in [-0.25, -0.2) is 4.79 Å². The number of carbonyl (C=O) groups is 1. The van der Waals surface area contributed by atoms with Crippen molar-refractivity contribution >= 4 is 5.97 Å². The molecule has 0 saturated heterocycles. The lowest BCUT2D eigenvalue weighted by Gasteiger charge is -2.39. The quantitative estimate of drug-likeness (QED) is 0.562. The zero-order valence-corrected chi connectivity index (χ0v) is 10.5. The Kier molecular flexibility index (Phi) is 5.01. The maximum atomic E-state index is 11.5. The van der Waals surface area contributed by atoms with Gasteiger partial charge in [-0.05, 0) is 18.8 Å². The van der Waals surface area contributed by atoms with Gasteiger partial charge in [-0.15, -0.1) is 0 Å². The van der Waals surface area contributed by atoms with Crippen LogP contribution in [0.5, 0.6) is 0 Å². The molecule has 0 aromatic carbocycles. The molecule has 0 aromatic rings. The molecule has 0 bridgehead atoms. The van der Waals surface area contributed by atoms with Gasteiger partial charge in [0.25, 0.3) is 0 Å². The van der Waals surface area contributed by atoms with Crippen LogP contribution >= 0.6 is 0 Å². The lowest BCUT2D eigenvalue weighted by molar-refractivity contribution is -0.165. The van der Waals surface area contributed by atoms with E-state index in [4.69, 9.17) is 10.5 Å². The summed E-state index contributed by atoms with van der Waals surface area (Å²) in [4.78, 5) is 11.5. The van der Waals surface area contributed by atoms with Crippen molar-refractivity contribution in [2.45, 2.75) is 40.2 Å². The van der Waals surface area contributed by atoms with Crippen LogP contribution in [0.1, 0.15) is 34.6 Å². The van der Waals surface area contributed by atoms with Gasteiger partial charge >= 0.3 is 5.97 Å². The minimum absolute atomic E-state index is 0.186. The Morgan fingerprint density at radius 3 is 1.93 bits per heavy atom. The highest BCUT2D eigenvalue weighted by atomic mass is 16.6. The Labute approximate surface area is 92.7 Å². The third-order valence-electron chi connectivity index (χ3n) is 2.90. The Hall–Kier alpha value is -0.830. The Morgan fingerprint density at radius 2 is 1.73 bits per heavy atom. The number of hydrogen-bond donors (Lipinski definition) is 1. The number of carbonyl (C=O) groups excluding carboxylic acids is 1. The molecule has 88 valence electrons. The zero-order chi connectivity index (χ0) is 12.2. The summed E-state index contributed by atoms with van der Waals surface area (Å²) >= 11 is 0. The van der Waals surface area contributed by atoms with E-state index in [-0.39, 0.29) is 17.8 Å². The monoisotopic (exact) mass is 213 g/mol. The second-order valence-corrected chi connectivity index (χ2v) is 4.64. The number of ether oxygens (including phenoxy) is 1. The molecule has 0 aromatic heterocycles. The number of hydrogen-bond acceptors (Lipinski definition) is 3. The summed E-state index contributed by atoms with van der Waals surface area (Å²) in [6.07, 6.45) is 0. The lowest BCUT2D eigenvalue weighted by Crippen LogP contribution is -2.51. The minimum atomic E-state index is -0.587. The molecule has 0 aliphatic carbocycles. The molecule has 0 saturated carbocycles. The van der Waals surface area contributed by atoms with Gasteiger partial charge in [0, 0.05) is 12.1 Å². The summed E-state index contributed by atoms with van der Waals surface area (Å²) < 4.78 is 5.51. The van der Waals surface area contributed by atoms with E-state index in [1.165, 1.54) is 0 Å². The largest absolute Gasteiger partial charge is 0.454 e. The molecular formula is C12H23NO2. The van der Waals surface area contributed by atoms with Crippen LogP contribution in [-0.2, 0) is 9.53 Å². The smallest absolute Gasteiger partial charge is 0.333 e. The standard InChI is InChI=1S/C12H23NO2/c1-8(2)11(14)15-12(7-13,9(3)4)10(5)6/h9-10H,1,7,13H2,2-6H3. The van der Waals surface area contributed by atoms with E-state index in [1.807, 2.05) is 27.7 Å². The zero-order valence-electron chi connectivity index (χ0n) is 10.5. The predicted octanol–water partition coefficient (Wildman–Crippen LogP) is 2.12. The van der Waals surface area contributed by atoms with Gasteiger partial charge in [-0.1, -0.05) is 34.3 Å². The molecule has 0 aliphatic heterocycles. The second kappa shape index (κ2) is 5.31. The van der Waals surface area contributed by atoms with Crippen molar-refractivity contribution in [3.8, 4) is 0 Å². The van der Waals surface area contributed by atoms with Crippen molar-refractivity contribution < 1.29 is 9.53 Å². The van der Waals surface area contributed by atoms with E-state index in [0.717, 1.165) is 0 Å². The van der Waals surface area contributed by atoms with Crippen molar-refractivity contribution in [3.05, 3.63) is 12.2 Å². The summed E-state index contributed by atoms with van der Waals surface area (Å²) in [5.74, 6) is 0.0134. The van der Waals surface area contributed by atoms with Gasteiger partial charge in [-0.2, -0.15) is 0 Å². The molecule has 3 nitrogen and oxygen atoms in total. The highest BCUT2D eigenvalue weighted by Gasteiger charge is 2.39. The lowest BCUT2D eigenvalue weighted by atomic mass is 9.80. The van der Waals surface area contributed by atoms with Crippen LogP contribution < -0.4 is 5.73 Å². The highest BCUT2D eigenvalue weighted by Crippen LogP contribution is 2.30. The summed E-state index contributed by atoms with van der Waals surface area (Å²) in [6.45, 7) is 13.6. The average molecular weight is 213 g/mol. The molecule has 0 unspecified atom stereocenters. The van der Waals surface area contributed by atoms with Crippen LogP contribution in [0, 0.1) is 11.8 Å². The fourth-order valence-electron chi connectivity index (χ4n) is 1.68. The van der Waals surface area contributed by atoms with Crippen molar-refractivity contribution in [2.24, 2.45) is 17.6 Å². The van der Waals surface area contributed by atoms with Crippen LogP contribution in [-0.4, -0.2) is 18.1 Å². The summed E-state index contributed by atoms with van der Waals surface area (Å²) in [5, 5.41) is 0. The first kappa shape index (κ1) is 14.2. The Bertz CT molecular complexity index is 236. The highest BCUT2D eigenvalue weighted by molar-refractivity contribution is 5.87. The molecule has 3 heteroatoms. The predicted molar refractivity (Wildman–Crippen MR) is 62.4 cm³/mol. The van der Waals surface area contributed by atoms with E-state index < -0.39 is 5.60 Å². The van der Waals surface area contributed by atoms with Crippen molar-refractivity contribution in [3.63, 3.8) is 0 Å². The molecule has 0 rings (SSSR count). The molecule has 0 heterocycles. The number of nitrogens with two attached hydrogens (primary N) is 1.